The zero-order chi connectivity index (χ0) is 13.8. The second-order valence-corrected chi connectivity index (χ2v) is 4.42. The van der Waals surface area contributed by atoms with Gasteiger partial charge >= 0.3 is 0 Å². The van der Waals surface area contributed by atoms with Crippen LogP contribution in [0.15, 0.2) is 30.3 Å². The normalized spacial score (nSPS) is 12.4. The standard InChI is InChI=1S/C14H19N3O2/c1-17-14(11(8-15)9-18)7-13(16-17)10-3-5-12(19-2)6-4-10/h3-7,11,18H,8-9,15H2,1-2H3. The maximum Gasteiger partial charge on any atom is 0.118 e. The molecule has 5 heteroatoms. The largest absolute Gasteiger partial charge is 0.497 e. The van der Waals surface area contributed by atoms with Crippen LogP contribution in [-0.2, 0) is 7.05 Å². The third kappa shape index (κ3) is 2.77. The zero-order valence-corrected chi connectivity index (χ0v) is 11.2. The van der Waals surface area contributed by atoms with E-state index in [4.69, 9.17) is 10.5 Å². The highest BCUT2D eigenvalue weighted by Crippen LogP contribution is 2.24. The summed E-state index contributed by atoms with van der Waals surface area (Å²) in [4.78, 5) is 0. The van der Waals surface area contributed by atoms with Crippen LogP contribution in [0.3, 0.4) is 0 Å². The van der Waals surface area contributed by atoms with E-state index in [1.165, 1.54) is 0 Å². The van der Waals surface area contributed by atoms with Gasteiger partial charge in [0.05, 0.1) is 19.4 Å². The van der Waals surface area contributed by atoms with E-state index in [1.807, 2.05) is 37.4 Å². The van der Waals surface area contributed by atoms with Gasteiger partial charge in [-0.05, 0) is 30.3 Å². The molecule has 2 rings (SSSR count). The number of hydrogen-bond acceptors (Lipinski definition) is 4. The third-order valence-corrected chi connectivity index (χ3v) is 3.22. The van der Waals surface area contributed by atoms with E-state index in [0.29, 0.717) is 6.54 Å². The molecule has 1 heterocycles. The molecule has 0 bridgehead atoms. The molecule has 1 aromatic heterocycles. The fourth-order valence-electron chi connectivity index (χ4n) is 2.06. The molecule has 0 amide bonds. The average Bonchev–Trinajstić information content (AvgIpc) is 2.83. The Morgan fingerprint density at radius 1 is 1.37 bits per heavy atom. The molecular formula is C14H19N3O2. The number of methoxy groups -OCH3 is 1. The molecule has 102 valence electrons. The van der Waals surface area contributed by atoms with E-state index in [2.05, 4.69) is 5.10 Å². The van der Waals surface area contributed by atoms with E-state index in [1.54, 1.807) is 11.8 Å². The highest BCUT2D eigenvalue weighted by atomic mass is 16.5. The van der Waals surface area contributed by atoms with Crippen molar-refractivity contribution in [3.05, 3.63) is 36.0 Å². The maximum absolute atomic E-state index is 9.31. The van der Waals surface area contributed by atoms with Crippen LogP contribution < -0.4 is 10.5 Å². The summed E-state index contributed by atoms with van der Waals surface area (Å²) < 4.78 is 6.90. The summed E-state index contributed by atoms with van der Waals surface area (Å²) in [6.07, 6.45) is 0. The summed E-state index contributed by atoms with van der Waals surface area (Å²) in [5.41, 5.74) is 8.47. The predicted molar refractivity (Wildman–Crippen MR) is 74.1 cm³/mol. The smallest absolute Gasteiger partial charge is 0.118 e. The van der Waals surface area contributed by atoms with Crippen molar-refractivity contribution in [2.45, 2.75) is 5.92 Å². The Kier molecular flexibility index (Phi) is 4.19. The lowest BCUT2D eigenvalue weighted by molar-refractivity contribution is 0.263. The molecule has 0 aliphatic carbocycles. The molecule has 1 aromatic carbocycles. The number of aromatic nitrogens is 2. The Labute approximate surface area is 112 Å². The summed E-state index contributed by atoms with van der Waals surface area (Å²) in [6, 6.07) is 9.69. The van der Waals surface area contributed by atoms with Crippen molar-refractivity contribution in [1.82, 2.24) is 9.78 Å². The fraction of sp³-hybridized carbons (Fsp3) is 0.357. The van der Waals surface area contributed by atoms with Crippen molar-refractivity contribution in [2.24, 2.45) is 12.8 Å². The first-order valence-corrected chi connectivity index (χ1v) is 6.19. The monoisotopic (exact) mass is 261 g/mol. The second kappa shape index (κ2) is 5.86. The number of rotatable bonds is 5. The van der Waals surface area contributed by atoms with Crippen LogP contribution in [0.25, 0.3) is 11.3 Å². The summed E-state index contributed by atoms with van der Waals surface area (Å²) in [5.74, 6) is 0.736. The van der Waals surface area contributed by atoms with Gasteiger partial charge in [-0.2, -0.15) is 5.10 Å². The van der Waals surface area contributed by atoms with E-state index < -0.39 is 0 Å². The van der Waals surface area contributed by atoms with Crippen LogP contribution >= 0.6 is 0 Å². The molecule has 1 unspecified atom stereocenters. The summed E-state index contributed by atoms with van der Waals surface area (Å²) in [5, 5.41) is 13.8. The van der Waals surface area contributed by atoms with Crippen molar-refractivity contribution < 1.29 is 9.84 Å². The minimum atomic E-state index is -0.0792. The molecule has 5 nitrogen and oxygen atoms in total. The molecule has 0 saturated carbocycles. The predicted octanol–water partition coefficient (Wildman–Crippen LogP) is 1.13. The molecule has 19 heavy (non-hydrogen) atoms. The number of nitrogens with zero attached hydrogens (tertiary/aromatic N) is 2. The molecule has 0 aliphatic rings. The molecule has 3 N–H and O–H groups in total. The summed E-state index contributed by atoms with van der Waals surface area (Å²) in [7, 11) is 3.50. The molecule has 0 saturated heterocycles. The van der Waals surface area contributed by atoms with Gasteiger partial charge in [-0.1, -0.05) is 0 Å². The van der Waals surface area contributed by atoms with Gasteiger partial charge in [0, 0.05) is 30.8 Å². The first-order valence-electron chi connectivity index (χ1n) is 6.19. The van der Waals surface area contributed by atoms with Gasteiger partial charge in [-0.15, -0.1) is 0 Å². The van der Waals surface area contributed by atoms with E-state index in [-0.39, 0.29) is 12.5 Å². The average molecular weight is 261 g/mol. The lowest BCUT2D eigenvalue weighted by atomic mass is 10.1. The minimum Gasteiger partial charge on any atom is -0.497 e. The van der Waals surface area contributed by atoms with E-state index >= 15 is 0 Å². The highest BCUT2D eigenvalue weighted by molar-refractivity contribution is 5.60. The molecule has 0 fully saturated rings. The van der Waals surface area contributed by atoms with Gasteiger partial charge in [-0.3, -0.25) is 4.68 Å². The number of aliphatic hydroxyl groups excluding tert-OH is 1. The number of aliphatic hydroxyl groups is 1. The zero-order valence-electron chi connectivity index (χ0n) is 11.2. The lowest BCUT2D eigenvalue weighted by Gasteiger charge is -2.10. The Bertz CT molecular complexity index is 530. The SMILES string of the molecule is COc1ccc(-c2cc(C(CN)CO)n(C)n2)cc1. The van der Waals surface area contributed by atoms with Crippen LogP contribution in [0.4, 0.5) is 0 Å². The first-order chi connectivity index (χ1) is 9.19. The second-order valence-electron chi connectivity index (χ2n) is 4.42. The topological polar surface area (TPSA) is 73.3 Å². The van der Waals surface area contributed by atoms with Gasteiger partial charge in [-0.25, -0.2) is 0 Å². The fourth-order valence-corrected chi connectivity index (χ4v) is 2.06. The van der Waals surface area contributed by atoms with E-state index in [0.717, 1.165) is 22.7 Å². The number of ether oxygens (including phenoxy) is 1. The van der Waals surface area contributed by atoms with Crippen LogP contribution in [0, 0.1) is 0 Å². The van der Waals surface area contributed by atoms with Gasteiger partial charge in [0.25, 0.3) is 0 Å². The molecule has 1 atom stereocenters. The number of aryl methyl sites for hydroxylation is 1. The van der Waals surface area contributed by atoms with Crippen molar-refractivity contribution in [3.8, 4) is 17.0 Å². The van der Waals surface area contributed by atoms with Crippen LogP contribution in [0.5, 0.6) is 5.75 Å². The molecule has 0 radical (unpaired) electrons. The molecule has 2 aromatic rings. The quantitative estimate of drug-likeness (QED) is 0.846. The number of hydrogen-bond donors (Lipinski definition) is 2. The van der Waals surface area contributed by atoms with Gasteiger partial charge < -0.3 is 15.6 Å². The van der Waals surface area contributed by atoms with Crippen LogP contribution in [0.1, 0.15) is 11.6 Å². The van der Waals surface area contributed by atoms with E-state index in [9.17, 15) is 5.11 Å². The van der Waals surface area contributed by atoms with Gasteiger partial charge in [0.1, 0.15) is 5.75 Å². The number of benzene rings is 1. The van der Waals surface area contributed by atoms with Crippen molar-refractivity contribution in [3.63, 3.8) is 0 Å². The Hall–Kier alpha value is -1.85. The lowest BCUT2D eigenvalue weighted by Crippen LogP contribution is -2.18. The van der Waals surface area contributed by atoms with Gasteiger partial charge in [0.15, 0.2) is 0 Å². The van der Waals surface area contributed by atoms with Crippen molar-refractivity contribution in [2.75, 3.05) is 20.3 Å². The molecule has 0 aliphatic heterocycles. The Balaban J connectivity index is 2.32. The van der Waals surface area contributed by atoms with Crippen molar-refractivity contribution >= 4 is 0 Å². The van der Waals surface area contributed by atoms with Crippen molar-refractivity contribution in [1.29, 1.82) is 0 Å². The number of nitrogens with two attached hydrogens (primary N) is 1. The first kappa shape index (κ1) is 13.6. The van der Waals surface area contributed by atoms with Gasteiger partial charge in [0.2, 0.25) is 0 Å². The summed E-state index contributed by atoms with van der Waals surface area (Å²) >= 11 is 0. The highest BCUT2D eigenvalue weighted by Gasteiger charge is 2.15. The summed E-state index contributed by atoms with van der Waals surface area (Å²) in [6.45, 7) is 0.427. The van der Waals surface area contributed by atoms with Crippen LogP contribution in [0.2, 0.25) is 0 Å². The Morgan fingerprint density at radius 2 is 2.05 bits per heavy atom. The van der Waals surface area contributed by atoms with Crippen LogP contribution in [-0.4, -0.2) is 35.1 Å². The molecule has 0 spiro atoms. The maximum atomic E-state index is 9.31. The Morgan fingerprint density at radius 3 is 2.58 bits per heavy atom. The minimum absolute atomic E-state index is 0.0259. The third-order valence-electron chi connectivity index (χ3n) is 3.22. The molecular weight excluding hydrogens is 242 g/mol.